The molecule has 98 valence electrons. The van der Waals surface area contributed by atoms with Gasteiger partial charge in [-0.1, -0.05) is 33.1 Å². The molecular formula is C14H21N3O. The van der Waals surface area contributed by atoms with Gasteiger partial charge in [-0.15, -0.1) is 0 Å². The fourth-order valence-electron chi connectivity index (χ4n) is 2.67. The molecule has 4 nitrogen and oxygen atoms in total. The minimum atomic E-state index is 0.00917. The summed E-state index contributed by atoms with van der Waals surface area (Å²) in [6.07, 6.45) is 9.47. The summed E-state index contributed by atoms with van der Waals surface area (Å²) in [6, 6.07) is 2.22. The van der Waals surface area contributed by atoms with E-state index in [0.717, 1.165) is 23.9 Å². The van der Waals surface area contributed by atoms with Gasteiger partial charge >= 0.3 is 5.69 Å². The summed E-state index contributed by atoms with van der Waals surface area (Å²) in [5.74, 6) is 0. The molecule has 0 spiro atoms. The number of fused-ring (bicyclic) bond motifs is 1. The van der Waals surface area contributed by atoms with Crippen molar-refractivity contribution in [3.63, 3.8) is 0 Å². The Hall–Kier alpha value is -1.58. The Bertz CT molecular complexity index is 549. The van der Waals surface area contributed by atoms with E-state index in [9.17, 15) is 4.79 Å². The van der Waals surface area contributed by atoms with Gasteiger partial charge in [0.15, 0.2) is 0 Å². The summed E-state index contributed by atoms with van der Waals surface area (Å²) in [6.45, 7) is 4.00. The normalized spacial score (nSPS) is 16.3. The number of pyridine rings is 1. The number of aromatic nitrogens is 3. The SMILES string of the molecule is CC.O=c1[nH]c2ccncc2n1C1CCCCC1. The van der Waals surface area contributed by atoms with E-state index in [1.807, 2.05) is 24.5 Å². The Morgan fingerprint density at radius 2 is 2.00 bits per heavy atom. The number of rotatable bonds is 1. The lowest BCUT2D eigenvalue weighted by atomic mass is 9.95. The van der Waals surface area contributed by atoms with E-state index >= 15 is 0 Å². The van der Waals surface area contributed by atoms with Crippen molar-refractivity contribution in [1.29, 1.82) is 0 Å². The molecular weight excluding hydrogens is 226 g/mol. The molecule has 0 amide bonds. The Labute approximate surface area is 107 Å². The van der Waals surface area contributed by atoms with Crippen LogP contribution in [0.5, 0.6) is 0 Å². The van der Waals surface area contributed by atoms with Gasteiger partial charge in [0.25, 0.3) is 0 Å². The number of nitrogens with one attached hydrogen (secondary N) is 1. The van der Waals surface area contributed by atoms with Crippen LogP contribution in [0.25, 0.3) is 11.0 Å². The van der Waals surface area contributed by atoms with Crippen molar-refractivity contribution in [3.8, 4) is 0 Å². The van der Waals surface area contributed by atoms with Crippen molar-refractivity contribution in [2.45, 2.75) is 52.0 Å². The van der Waals surface area contributed by atoms with Crippen molar-refractivity contribution in [3.05, 3.63) is 28.9 Å². The molecule has 1 saturated carbocycles. The van der Waals surface area contributed by atoms with Crippen molar-refractivity contribution in [2.24, 2.45) is 0 Å². The number of nitrogens with zero attached hydrogens (tertiary/aromatic N) is 2. The molecule has 1 N–H and O–H groups in total. The molecule has 3 rings (SSSR count). The molecule has 1 aliphatic rings. The molecule has 2 aromatic rings. The van der Waals surface area contributed by atoms with Crippen LogP contribution < -0.4 is 5.69 Å². The highest BCUT2D eigenvalue weighted by Crippen LogP contribution is 2.28. The van der Waals surface area contributed by atoms with Crippen LogP contribution in [0.4, 0.5) is 0 Å². The molecule has 1 fully saturated rings. The summed E-state index contributed by atoms with van der Waals surface area (Å²) >= 11 is 0. The topological polar surface area (TPSA) is 50.7 Å². The van der Waals surface area contributed by atoms with Crippen LogP contribution in [-0.2, 0) is 0 Å². The largest absolute Gasteiger partial charge is 0.326 e. The zero-order valence-corrected chi connectivity index (χ0v) is 11.1. The number of imidazole rings is 1. The second-order valence-electron chi connectivity index (χ2n) is 4.48. The van der Waals surface area contributed by atoms with Gasteiger partial charge in [0.2, 0.25) is 0 Å². The maximum atomic E-state index is 11.9. The summed E-state index contributed by atoms with van der Waals surface area (Å²) in [4.78, 5) is 18.9. The van der Waals surface area contributed by atoms with Gasteiger partial charge in [0.1, 0.15) is 0 Å². The molecule has 0 bridgehead atoms. The highest BCUT2D eigenvalue weighted by molar-refractivity contribution is 5.73. The highest BCUT2D eigenvalue weighted by atomic mass is 16.1. The lowest BCUT2D eigenvalue weighted by Gasteiger charge is -2.22. The second kappa shape index (κ2) is 5.85. The summed E-state index contributed by atoms with van der Waals surface area (Å²) in [7, 11) is 0. The van der Waals surface area contributed by atoms with Crippen LogP contribution in [-0.4, -0.2) is 14.5 Å². The average Bonchev–Trinajstić information content (AvgIpc) is 2.78. The first kappa shape index (κ1) is 12.9. The third-order valence-corrected chi connectivity index (χ3v) is 3.46. The molecule has 0 saturated heterocycles. The van der Waals surface area contributed by atoms with Gasteiger partial charge < -0.3 is 4.98 Å². The lowest BCUT2D eigenvalue weighted by molar-refractivity contribution is 0.353. The first-order valence-corrected chi connectivity index (χ1v) is 6.90. The molecule has 1 aliphatic carbocycles. The van der Waals surface area contributed by atoms with Crippen LogP contribution in [0.15, 0.2) is 23.3 Å². The van der Waals surface area contributed by atoms with Crippen LogP contribution in [0.2, 0.25) is 0 Å². The number of aromatic amines is 1. The molecule has 18 heavy (non-hydrogen) atoms. The third kappa shape index (κ3) is 2.33. The van der Waals surface area contributed by atoms with Gasteiger partial charge in [-0.3, -0.25) is 9.55 Å². The van der Waals surface area contributed by atoms with Gasteiger partial charge in [0, 0.05) is 12.2 Å². The highest BCUT2D eigenvalue weighted by Gasteiger charge is 2.19. The number of hydrogen-bond acceptors (Lipinski definition) is 2. The Kier molecular flexibility index (Phi) is 4.18. The summed E-state index contributed by atoms with van der Waals surface area (Å²) in [5.41, 5.74) is 1.85. The Morgan fingerprint density at radius 3 is 2.72 bits per heavy atom. The molecule has 0 unspecified atom stereocenters. The van der Waals surface area contributed by atoms with Crippen LogP contribution in [0, 0.1) is 0 Å². The fraction of sp³-hybridized carbons (Fsp3) is 0.571. The molecule has 2 aromatic heterocycles. The molecule has 4 heteroatoms. The maximum absolute atomic E-state index is 11.9. The van der Waals surface area contributed by atoms with Crippen molar-refractivity contribution in [2.75, 3.05) is 0 Å². The van der Waals surface area contributed by atoms with Crippen LogP contribution >= 0.6 is 0 Å². The quantitative estimate of drug-likeness (QED) is 0.841. The Balaban J connectivity index is 0.000000574. The van der Waals surface area contributed by atoms with E-state index in [-0.39, 0.29) is 5.69 Å². The third-order valence-electron chi connectivity index (χ3n) is 3.46. The van der Waals surface area contributed by atoms with E-state index < -0.39 is 0 Å². The van der Waals surface area contributed by atoms with E-state index in [2.05, 4.69) is 9.97 Å². The predicted molar refractivity (Wildman–Crippen MR) is 73.8 cm³/mol. The zero-order chi connectivity index (χ0) is 13.0. The first-order valence-electron chi connectivity index (χ1n) is 6.90. The van der Waals surface area contributed by atoms with E-state index in [4.69, 9.17) is 0 Å². The monoisotopic (exact) mass is 247 g/mol. The van der Waals surface area contributed by atoms with E-state index in [1.165, 1.54) is 19.3 Å². The molecule has 0 aromatic carbocycles. The molecule has 0 radical (unpaired) electrons. The van der Waals surface area contributed by atoms with Crippen LogP contribution in [0.3, 0.4) is 0 Å². The molecule has 0 atom stereocenters. The standard InChI is InChI=1S/C12H15N3O.C2H6/c16-12-14-10-6-7-13-8-11(10)15(12)9-4-2-1-3-5-9;1-2/h6-9H,1-5H2,(H,14,16);1-2H3. The zero-order valence-electron chi connectivity index (χ0n) is 11.1. The fourth-order valence-corrected chi connectivity index (χ4v) is 2.67. The van der Waals surface area contributed by atoms with Gasteiger partial charge in [-0.25, -0.2) is 4.79 Å². The smallest absolute Gasteiger partial charge is 0.305 e. The van der Waals surface area contributed by atoms with Crippen molar-refractivity contribution in [1.82, 2.24) is 14.5 Å². The van der Waals surface area contributed by atoms with E-state index in [0.29, 0.717) is 6.04 Å². The molecule has 0 aliphatic heterocycles. The number of hydrogen-bond donors (Lipinski definition) is 1. The van der Waals surface area contributed by atoms with Crippen molar-refractivity contribution < 1.29 is 0 Å². The maximum Gasteiger partial charge on any atom is 0.326 e. The van der Waals surface area contributed by atoms with Crippen LogP contribution in [0.1, 0.15) is 52.0 Å². The first-order chi connectivity index (χ1) is 8.86. The summed E-state index contributed by atoms with van der Waals surface area (Å²) in [5, 5.41) is 0. The predicted octanol–water partition coefficient (Wildman–Crippen LogP) is 3.26. The molecule has 2 heterocycles. The second-order valence-corrected chi connectivity index (χ2v) is 4.48. The minimum Gasteiger partial charge on any atom is -0.305 e. The van der Waals surface area contributed by atoms with E-state index in [1.54, 1.807) is 12.4 Å². The number of H-pyrrole nitrogens is 1. The van der Waals surface area contributed by atoms with Crippen molar-refractivity contribution >= 4 is 11.0 Å². The van der Waals surface area contributed by atoms with Gasteiger partial charge in [-0.05, 0) is 18.9 Å². The minimum absolute atomic E-state index is 0.00917. The lowest BCUT2D eigenvalue weighted by Crippen LogP contribution is -2.23. The average molecular weight is 247 g/mol. The summed E-state index contributed by atoms with van der Waals surface area (Å²) < 4.78 is 1.89. The van der Waals surface area contributed by atoms with Gasteiger partial charge in [-0.2, -0.15) is 0 Å². The van der Waals surface area contributed by atoms with Gasteiger partial charge in [0.05, 0.1) is 17.2 Å². The Morgan fingerprint density at radius 1 is 1.28 bits per heavy atom.